The molecule has 4 nitrogen and oxygen atoms in total. The Kier molecular flexibility index (Phi) is 5.11. The van der Waals surface area contributed by atoms with Gasteiger partial charge in [-0.1, -0.05) is 18.5 Å². The van der Waals surface area contributed by atoms with Gasteiger partial charge in [-0.05, 0) is 43.0 Å². The van der Waals surface area contributed by atoms with Crippen LogP contribution in [0.25, 0.3) is 0 Å². The van der Waals surface area contributed by atoms with Gasteiger partial charge in [-0.25, -0.2) is 0 Å². The van der Waals surface area contributed by atoms with Gasteiger partial charge in [-0.3, -0.25) is 4.90 Å². The summed E-state index contributed by atoms with van der Waals surface area (Å²) >= 11 is 6.39. The van der Waals surface area contributed by atoms with Gasteiger partial charge in [0.05, 0.1) is 18.2 Å². The molecule has 1 saturated heterocycles. The van der Waals surface area contributed by atoms with Gasteiger partial charge in [0.1, 0.15) is 0 Å². The number of hydrogen-bond donors (Lipinski definition) is 1. The van der Waals surface area contributed by atoms with Crippen LogP contribution in [0.5, 0.6) is 11.5 Å². The third-order valence-corrected chi connectivity index (χ3v) is 5.00. The highest BCUT2D eigenvalue weighted by Crippen LogP contribution is 2.38. The van der Waals surface area contributed by atoms with Crippen LogP contribution >= 0.6 is 11.6 Å². The van der Waals surface area contributed by atoms with Crippen LogP contribution in [-0.4, -0.2) is 37.2 Å². The lowest BCUT2D eigenvalue weighted by atomic mass is 9.90. The molecule has 2 atom stereocenters. The summed E-state index contributed by atoms with van der Waals surface area (Å²) < 4.78 is 11.5. The largest absolute Gasteiger partial charge is 0.489 e. The molecule has 1 aromatic carbocycles. The molecular formula is C17H25ClN2O2. The minimum atomic E-state index is 0.448. The third-order valence-electron chi connectivity index (χ3n) is 4.72. The molecule has 0 bridgehead atoms. The highest BCUT2D eigenvalue weighted by Gasteiger charge is 2.27. The van der Waals surface area contributed by atoms with E-state index in [2.05, 4.69) is 17.9 Å². The molecule has 2 unspecified atom stereocenters. The van der Waals surface area contributed by atoms with Crippen molar-refractivity contribution in [3.63, 3.8) is 0 Å². The first-order valence-corrected chi connectivity index (χ1v) is 8.59. The molecule has 22 heavy (non-hydrogen) atoms. The van der Waals surface area contributed by atoms with Crippen LogP contribution < -0.4 is 15.2 Å². The Morgan fingerprint density at radius 3 is 2.91 bits per heavy atom. The zero-order valence-corrected chi connectivity index (χ0v) is 13.9. The molecule has 0 spiro atoms. The zero-order valence-electron chi connectivity index (χ0n) is 13.2. The second-order valence-corrected chi connectivity index (χ2v) is 6.76. The summed E-state index contributed by atoms with van der Waals surface area (Å²) in [6.07, 6.45) is 3.38. The molecular weight excluding hydrogens is 300 g/mol. The molecule has 2 aliphatic rings. The van der Waals surface area contributed by atoms with Gasteiger partial charge in [0.25, 0.3) is 0 Å². The second kappa shape index (κ2) is 7.07. The minimum absolute atomic E-state index is 0.448. The molecule has 122 valence electrons. The van der Waals surface area contributed by atoms with Gasteiger partial charge in [-0.15, -0.1) is 0 Å². The number of fused-ring (bicyclic) bond motifs is 1. The lowest BCUT2D eigenvalue weighted by Gasteiger charge is -2.39. The van der Waals surface area contributed by atoms with Gasteiger partial charge in [0.2, 0.25) is 0 Å². The Morgan fingerprint density at radius 1 is 1.27 bits per heavy atom. The normalized spacial score (nSPS) is 25.8. The van der Waals surface area contributed by atoms with Gasteiger partial charge in [0.15, 0.2) is 11.5 Å². The monoisotopic (exact) mass is 324 g/mol. The van der Waals surface area contributed by atoms with Crippen molar-refractivity contribution in [3.8, 4) is 11.5 Å². The van der Waals surface area contributed by atoms with E-state index < -0.39 is 0 Å². The first-order valence-electron chi connectivity index (χ1n) is 8.21. The van der Waals surface area contributed by atoms with Crippen molar-refractivity contribution in [2.45, 2.75) is 38.8 Å². The number of rotatable bonds is 3. The van der Waals surface area contributed by atoms with E-state index in [1.54, 1.807) is 0 Å². The van der Waals surface area contributed by atoms with Crippen LogP contribution in [0, 0.1) is 5.92 Å². The number of nitrogens with two attached hydrogens (primary N) is 1. The fourth-order valence-electron chi connectivity index (χ4n) is 3.52. The van der Waals surface area contributed by atoms with Gasteiger partial charge >= 0.3 is 0 Å². The SMILES string of the molecule is CC1CCCN(Cc2cc(Cl)c3c(c2)OCCCO3)C1CN. The van der Waals surface area contributed by atoms with E-state index >= 15 is 0 Å². The fourth-order valence-corrected chi connectivity index (χ4v) is 3.81. The van der Waals surface area contributed by atoms with Gasteiger partial charge in [0, 0.05) is 25.6 Å². The average molecular weight is 325 g/mol. The van der Waals surface area contributed by atoms with Crippen LogP contribution in [0.4, 0.5) is 0 Å². The summed E-state index contributed by atoms with van der Waals surface area (Å²) in [7, 11) is 0. The smallest absolute Gasteiger partial charge is 0.179 e. The summed E-state index contributed by atoms with van der Waals surface area (Å²) in [6, 6.07) is 4.52. The van der Waals surface area contributed by atoms with Crippen molar-refractivity contribution in [2.24, 2.45) is 11.7 Å². The van der Waals surface area contributed by atoms with Crippen LogP contribution in [0.15, 0.2) is 12.1 Å². The first kappa shape index (κ1) is 15.9. The summed E-state index contributed by atoms with van der Waals surface area (Å²) in [5.41, 5.74) is 7.16. The molecule has 1 fully saturated rings. The Bertz CT molecular complexity index is 524. The van der Waals surface area contributed by atoms with Gasteiger partial charge in [-0.2, -0.15) is 0 Å². The topological polar surface area (TPSA) is 47.7 Å². The van der Waals surface area contributed by atoms with Crippen molar-refractivity contribution in [3.05, 3.63) is 22.7 Å². The molecule has 0 amide bonds. The summed E-state index contributed by atoms with van der Waals surface area (Å²) in [5, 5.41) is 0.642. The van der Waals surface area contributed by atoms with Gasteiger partial charge < -0.3 is 15.2 Å². The fraction of sp³-hybridized carbons (Fsp3) is 0.647. The lowest BCUT2D eigenvalue weighted by molar-refractivity contribution is 0.0990. The first-order chi connectivity index (χ1) is 10.7. The highest BCUT2D eigenvalue weighted by molar-refractivity contribution is 6.32. The highest BCUT2D eigenvalue weighted by atomic mass is 35.5. The van der Waals surface area contributed by atoms with E-state index in [-0.39, 0.29) is 0 Å². The standard InChI is InChI=1S/C17H25ClN2O2/c1-12-4-2-5-20(15(12)10-19)11-13-8-14(18)17-16(9-13)21-6-3-7-22-17/h8-9,12,15H,2-7,10-11,19H2,1H3. The number of likely N-dealkylation sites (tertiary alicyclic amines) is 1. The molecule has 5 heteroatoms. The van der Waals surface area contributed by atoms with Crippen LogP contribution in [0.2, 0.25) is 5.02 Å². The number of piperidine rings is 1. The quantitative estimate of drug-likeness (QED) is 0.928. The van der Waals surface area contributed by atoms with Crippen molar-refractivity contribution >= 4 is 11.6 Å². The van der Waals surface area contributed by atoms with E-state index in [0.29, 0.717) is 42.5 Å². The second-order valence-electron chi connectivity index (χ2n) is 6.35. The Hall–Kier alpha value is -0.970. The molecule has 3 rings (SSSR count). The molecule has 0 radical (unpaired) electrons. The van der Waals surface area contributed by atoms with Crippen LogP contribution in [-0.2, 0) is 6.54 Å². The molecule has 2 aliphatic heterocycles. The Balaban J connectivity index is 1.80. The Morgan fingerprint density at radius 2 is 2.09 bits per heavy atom. The van der Waals surface area contributed by atoms with Crippen molar-refractivity contribution in [1.82, 2.24) is 4.90 Å². The molecule has 0 saturated carbocycles. The maximum atomic E-state index is 6.39. The zero-order chi connectivity index (χ0) is 15.5. The molecule has 2 N–H and O–H groups in total. The number of hydrogen-bond acceptors (Lipinski definition) is 4. The maximum absolute atomic E-state index is 6.39. The van der Waals surface area contributed by atoms with E-state index in [1.807, 2.05) is 6.07 Å². The molecule has 1 aromatic rings. The van der Waals surface area contributed by atoms with E-state index in [0.717, 1.165) is 25.3 Å². The predicted molar refractivity (Wildman–Crippen MR) is 88.7 cm³/mol. The molecule has 0 aromatic heterocycles. The lowest BCUT2D eigenvalue weighted by Crippen LogP contribution is -2.48. The summed E-state index contributed by atoms with van der Waals surface area (Å²) in [6.45, 7) is 6.30. The van der Waals surface area contributed by atoms with E-state index in [9.17, 15) is 0 Å². The predicted octanol–water partition coefficient (Wildman–Crippen LogP) is 3.06. The van der Waals surface area contributed by atoms with E-state index in [4.69, 9.17) is 26.8 Å². The Labute approximate surface area is 137 Å². The van der Waals surface area contributed by atoms with Crippen LogP contribution in [0.3, 0.4) is 0 Å². The van der Waals surface area contributed by atoms with Crippen LogP contribution in [0.1, 0.15) is 31.7 Å². The average Bonchev–Trinajstić information content (AvgIpc) is 2.73. The number of nitrogens with zero attached hydrogens (tertiary/aromatic N) is 1. The number of halogens is 1. The van der Waals surface area contributed by atoms with Crippen molar-refractivity contribution in [2.75, 3.05) is 26.3 Å². The number of ether oxygens (including phenoxy) is 2. The van der Waals surface area contributed by atoms with Crippen molar-refractivity contribution < 1.29 is 9.47 Å². The molecule has 0 aliphatic carbocycles. The van der Waals surface area contributed by atoms with E-state index in [1.165, 1.54) is 18.4 Å². The maximum Gasteiger partial charge on any atom is 0.179 e. The molecule has 2 heterocycles. The number of benzene rings is 1. The third kappa shape index (κ3) is 3.34. The summed E-state index contributed by atoms with van der Waals surface area (Å²) in [5.74, 6) is 2.11. The minimum Gasteiger partial charge on any atom is -0.489 e. The van der Waals surface area contributed by atoms with Crippen molar-refractivity contribution in [1.29, 1.82) is 0 Å². The summed E-state index contributed by atoms with van der Waals surface area (Å²) in [4.78, 5) is 2.48.